The van der Waals surface area contributed by atoms with Gasteiger partial charge in [-0.05, 0) is 76.9 Å². The van der Waals surface area contributed by atoms with E-state index in [1.165, 1.54) is 16.8 Å². The monoisotopic (exact) mass is 519 g/mol. The van der Waals surface area contributed by atoms with Crippen molar-refractivity contribution >= 4 is 34.1 Å². The maximum atomic E-state index is 5.92. The number of fused-ring (bicyclic) bond motifs is 1. The third kappa shape index (κ3) is 4.46. The second kappa shape index (κ2) is 10.1. The van der Waals surface area contributed by atoms with Gasteiger partial charge >= 0.3 is 0 Å². The highest BCUT2D eigenvalue weighted by molar-refractivity contribution is 6.09. The fourth-order valence-electron chi connectivity index (χ4n) is 5.45. The summed E-state index contributed by atoms with van der Waals surface area (Å²) in [5.41, 5.74) is 7.86. The van der Waals surface area contributed by atoms with Gasteiger partial charge in [0.1, 0.15) is 17.6 Å². The van der Waals surface area contributed by atoms with Crippen molar-refractivity contribution in [2.24, 2.45) is 0 Å². The molecule has 1 aliphatic heterocycles. The SMILES string of the molecule is CCOc1ccc(-n2c(C)c3c(C)nnc(N4CCN(c5ccc(C)c(C)c5)CC4)c3c2C)c(OCl)c1. The smallest absolute Gasteiger partial charge is 0.173 e. The molecule has 0 N–H and O–H groups in total. The maximum Gasteiger partial charge on any atom is 0.173 e. The van der Waals surface area contributed by atoms with Crippen LogP contribution in [-0.4, -0.2) is 47.6 Å². The van der Waals surface area contributed by atoms with Crippen molar-refractivity contribution in [3.8, 4) is 17.2 Å². The largest absolute Gasteiger partial charge is 0.494 e. The molecular formula is C29H34ClN5O2. The Morgan fingerprint density at radius 1 is 0.811 bits per heavy atom. The molecule has 194 valence electrons. The fourth-order valence-corrected chi connectivity index (χ4v) is 5.58. The Morgan fingerprint density at radius 3 is 2.19 bits per heavy atom. The van der Waals surface area contributed by atoms with Crippen LogP contribution in [0.15, 0.2) is 36.4 Å². The zero-order chi connectivity index (χ0) is 26.3. The molecule has 37 heavy (non-hydrogen) atoms. The molecule has 0 bridgehead atoms. The second-order valence-electron chi connectivity index (χ2n) is 9.75. The number of benzene rings is 2. The second-order valence-corrected chi connectivity index (χ2v) is 9.90. The van der Waals surface area contributed by atoms with Crippen LogP contribution in [0.5, 0.6) is 11.5 Å². The quantitative estimate of drug-likeness (QED) is 0.301. The first-order valence-corrected chi connectivity index (χ1v) is 13.1. The van der Waals surface area contributed by atoms with E-state index in [-0.39, 0.29) is 0 Å². The van der Waals surface area contributed by atoms with E-state index in [9.17, 15) is 0 Å². The fraction of sp³-hybridized carbons (Fsp3) is 0.379. The highest BCUT2D eigenvalue weighted by Gasteiger charge is 2.26. The molecule has 0 amide bonds. The Hall–Kier alpha value is -3.45. The Labute approximate surface area is 223 Å². The van der Waals surface area contributed by atoms with Gasteiger partial charge in [0.25, 0.3) is 0 Å². The van der Waals surface area contributed by atoms with E-state index >= 15 is 0 Å². The maximum absolute atomic E-state index is 5.92. The number of hydrogen-bond acceptors (Lipinski definition) is 6. The zero-order valence-electron chi connectivity index (χ0n) is 22.4. The molecule has 0 spiro atoms. The number of nitrogens with zero attached hydrogens (tertiary/aromatic N) is 5. The van der Waals surface area contributed by atoms with E-state index < -0.39 is 0 Å². The van der Waals surface area contributed by atoms with Gasteiger partial charge in [-0.3, -0.25) is 0 Å². The van der Waals surface area contributed by atoms with Crippen LogP contribution in [0.4, 0.5) is 11.5 Å². The molecule has 1 saturated heterocycles. The first-order chi connectivity index (χ1) is 17.8. The molecule has 0 saturated carbocycles. The predicted molar refractivity (Wildman–Crippen MR) is 151 cm³/mol. The van der Waals surface area contributed by atoms with Gasteiger partial charge in [-0.1, -0.05) is 6.07 Å². The summed E-state index contributed by atoms with van der Waals surface area (Å²) < 4.78 is 13.1. The van der Waals surface area contributed by atoms with Gasteiger partial charge in [0.15, 0.2) is 11.6 Å². The molecule has 1 fully saturated rings. The third-order valence-electron chi connectivity index (χ3n) is 7.53. The van der Waals surface area contributed by atoms with E-state index in [0.717, 1.165) is 71.3 Å². The highest BCUT2D eigenvalue weighted by atomic mass is 35.5. The van der Waals surface area contributed by atoms with Crippen LogP contribution in [0.3, 0.4) is 0 Å². The van der Waals surface area contributed by atoms with E-state index in [2.05, 4.69) is 65.4 Å². The van der Waals surface area contributed by atoms with Crippen LogP contribution >= 0.6 is 11.9 Å². The Balaban J connectivity index is 1.52. The summed E-state index contributed by atoms with van der Waals surface area (Å²) in [6.07, 6.45) is 0. The van der Waals surface area contributed by atoms with Crippen molar-refractivity contribution in [2.45, 2.75) is 41.5 Å². The average molecular weight is 520 g/mol. The summed E-state index contributed by atoms with van der Waals surface area (Å²) in [7, 11) is 0. The van der Waals surface area contributed by atoms with Gasteiger partial charge < -0.3 is 23.4 Å². The number of hydrogen-bond donors (Lipinski definition) is 0. The lowest BCUT2D eigenvalue weighted by Crippen LogP contribution is -2.47. The first kappa shape index (κ1) is 25.2. The summed E-state index contributed by atoms with van der Waals surface area (Å²) in [5.74, 6) is 2.19. The molecule has 8 heteroatoms. The van der Waals surface area contributed by atoms with Crippen molar-refractivity contribution < 1.29 is 9.03 Å². The molecule has 0 unspecified atom stereocenters. The first-order valence-electron chi connectivity index (χ1n) is 12.8. The number of rotatable bonds is 6. The topological polar surface area (TPSA) is 55.7 Å². The Bertz CT molecular complexity index is 1460. The van der Waals surface area contributed by atoms with Crippen molar-refractivity contribution in [3.63, 3.8) is 0 Å². The molecule has 3 heterocycles. The van der Waals surface area contributed by atoms with Crippen LogP contribution in [0.2, 0.25) is 0 Å². The minimum absolute atomic E-state index is 0.543. The highest BCUT2D eigenvalue weighted by Crippen LogP contribution is 2.39. The Kier molecular flexibility index (Phi) is 6.90. The summed E-state index contributed by atoms with van der Waals surface area (Å²) >= 11 is 5.92. The van der Waals surface area contributed by atoms with Crippen LogP contribution in [0, 0.1) is 34.6 Å². The van der Waals surface area contributed by atoms with Crippen LogP contribution in [0.1, 0.15) is 35.1 Å². The summed E-state index contributed by atoms with van der Waals surface area (Å²) in [4.78, 5) is 4.81. The van der Waals surface area contributed by atoms with E-state index in [0.29, 0.717) is 12.4 Å². The van der Waals surface area contributed by atoms with Gasteiger partial charge in [-0.15, -0.1) is 5.10 Å². The summed E-state index contributed by atoms with van der Waals surface area (Å²) in [5, 5.41) is 11.5. The lowest BCUT2D eigenvalue weighted by atomic mass is 10.1. The molecule has 4 aromatic rings. The van der Waals surface area contributed by atoms with Crippen molar-refractivity contribution in [1.29, 1.82) is 0 Å². The Morgan fingerprint density at radius 2 is 1.51 bits per heavy atom. The molecule has 5 rings (SSSR count). The van der Waals surface area contributed by atoms with E-state index in [4.69, 9.17) is 26.0 Å². The van der Waals surface area contributed by atoms with E-state index in [1.807, 2.05) is 32.0 Å². The molecule has 2 aromatic heterocycles. The minimum Gasteiger partial charge on any atom is -0.494 e. The molecule has 7 nitrogen and oxygen atoms in total. The average Bonchev–Trinajstić information content (AvgIpc) is 3.17. The third-order valence-corrected chi connectivity index (χ3v) is 7.69. The van der Waals surface area contributed by atoms with Gasteiger partial charge in [0.2, 0.25) is 0 Å². The van der Waals surface area contributed by atoms with Gasteiger partial charge in [-0.25, -0.2) is 0 Å². The number of anilines is 2. The van der Waals surface area contributed by atoms with Crippen molar-refractivity contribution in [1.82, 2.24) is 14.8 Å². The molecule has 1 aliphatic rings. The normalized spacial score (nSPS) is 13.9. The molecule has 0 aliphatic carbocycles. The summed E-state index contributed by atoms with van der Waals surface area (Å²) in [6, 6.07) is 12.5. The molecule has 0 atom stereocenters. The predicted octanol–water partition coefficient (Wildman–Crippen LogP) is 6.22. The minimum atomic E-state index is 0.543. The number of aryl methyl sites for hydroxylation is 5. The van der Waals surface area contributed by atoms with Crippen molar-refractivity contribution in [3.05, 3.63) is 64.6 Å². The number of aromatic nitrogens is 3. The number of piperazine rings is 1. The number of halogens is 1. The van der Waals surface area contributed by atoms with Gasteiger partial charge in [0.05, 0.1) is 18.0 Å². The van der Waals surface area contributed by atoms with Crippen LogP contribution in [0.25, 0.3) is 16.5 Å². The van der Waals surface area contributed by atoms with Crippen LogP contribution in [-0.2, 0) is 0 Å². The zero-order valence-corrected chi connectivity index (χ0v) is 23.2. The molecular weight excluding hydrogens is 486 g/mol. The lowest BCUT2D eigenvalue weighted by Gasteiger charge is -2.37. The van der Waals surface area contributed by atoms with Gasteiger partial charge in [-0.2, -0.15) is 5.10 Å². The molecule has 2 aromatic carbocycles. The lowest BCUT2D eigenvalue weighted by molar-refractivity contribution is 0.339. The molecule has 0 radical (unpaired) electrons. The standard InChI is InChI=1S/C29H34ClN5O2/c1-7-36-24-10-11-25(26(17-24)37-30)35-21(5)27-20(4)31-32-29(28(27)22(35)6)34-14-12-33(13-15-34)23-9-8-18(2)19(3)16-23/h8-11,16-17H,7,12-15H2,1-6H3. The summed E-state index contributed by atoms with van der Waals surface area (Å²) in [6.45, 7) is 16.7. The van der Waals surface area contributed by atoms with Gasteiger partial charge in [0, 0.05) is 60.1 Å². The van der Waals surface area contributed by atoms with Crippen molar-refractivity contribution in [2.75, 3.05) is 42.6 Å². The van der Waals surface area contributed by atoms with Crippen LogP contribution < -0.4 is 18.8 Å². The van der Waals surface area contributed by atoms with E-state index in [1.54, 1.807) is 0 Å². The number of ether oxygens (including phenoxy) is 1.